The fraction of sp³-hybridized carbons (Fsp3) is 0.318. The minimum Gasteiger partial charge on any atom is -0.343 e. The maximum atomic E-state index is 12.4. The van der Waals surface area contributed by atoms with E-state index >= 15 is 0 Å². The van der Waals surface area contributed by atoms with Gasteiger partial charge in [0, 0.05) is 32.0 Å². The van der Waals surface area contributed by atoms with Gasteiger partial charge in [-0.25, -0.2) is 0 Å². The number of piperidine rings is 1. The van der Waals surface area contributed by atoms with Crippen LogP contribution in [-0.2, 0) is 16.0 Å². The zero-order chi connectivity index (χ0) is 19.5. The van der Waals surface area contributed by atoms with Gasteiger partial charge in [-0.2, -0.15) is 5.10 Å². The number of aromatic amines is 1. The number of carbonyl (C=O) groups excluding carboxylic acids is 2. The molecule has 0 radical (unpaired) electrons. The first-order valence-corrected chi connectivity index (χ1v) is 9.67. The van der Waals surface area contributed by atoms with Crippen molar-refractivity contribution in [1.82, 2.24) is 15.1 Å². The fourth-order valence-electron chi connectivity index (χ4n) is 3.83. The number of likely N-dealkylation sites (tertiary alicyclic amines) is 1. The van der Waals surface area contributed by atoms with Crippen molar-refractivity contribution in [2.45, 2.75) is 32.1 Å². The summed E-state index contributed by atoms with van der Waals surface area (Å²) < 4.78 is 0. The molecule has 1 saturated heterocycles. The van der Waals surface area contributed by atoms with Gasteiger partial charge in [0.2, 0.25) is 11.8 Å². The number of carbonyl (C=O) groups is 2. The van der Waals surface area contributed by atoms with Crippen LogP contribution in [0.15, 0.2) is 48.5 Å². The van der Waals surface area contributed by atoms with Gasteiger partial charge >= 0.3 is 0 Å². The van der Waals surface area contributed by atoms with Gasteiger partial charge in [0.05, 0.1) is 12.1 Å². The first-order valence-electron chi connectivity index (χ1n) is 9.67. The van der Waals surface area contributed by atoms with Crippen LogP contribution in [0.2, 0.25) is 0 Å². The number of aromatic nitrogens is 2. The molecule has 0 spiro atoms. The van der Waals surface area contributed by atoms with Crippen LogP contribution >= 0.6 is 0 Å². The molecule has 3 aromatic rings. The second-order valence-electron chi connectivity index (χ2n) is 7.39. The van der Waals surface area contributed by atoms with E-state index < -0.39 is 0 Å². The number of amides is 2. The Bertz CT molecular complexity index is 1000. The number of hydrogen-bond donors (Lipinski definition) is 2. The highest BCUT2D eigenvalue weighted by Gasteiger charge is 2.24. The molecule has 6 nitrogen and oxygen atoms in total. The summed E-state index contributed by atoms with van der Waals surface area (Å²) in [5.41, 5.74) is 1.93. The summed E-state index contributed by atoms with van der Waals surface area (Å²) in [4.78, 5) is 25.7. The predicted molar refractivity (Wildman–Crippen MR) is 109 cm³/mol. The molecule has 1 aromatic heterocycles. The lowest BCUT2D eigenvalue weighted by atomic mass is 9.93. The SMILES string of the molecule is CC(=O)N1CCC(c2cc(NC(=O)Cc3ccc4ccccc4c3)[nH]n2)CC1. The monoisotopic (exact) mass is 376 g/mol. The van der Waals surface area contributed by atoms with Gasteiger partial charge in [0.15, 0.2) is 0 Å². The molecule has 0 aliphatic carbocycles. The quantitative estimate of drug-likeness (QED) is 0.732. The van der Waals surface area contributed by atoms with E-state index in [4.69, 9.17) is 0 Å². The van der Waals surface area contributed by atoms with Crippen LogP contribution in [0.3, 0.4) is 0 Å². The molecule has 0 saturated carbocycles. The van der Waals surface area contributed by atoms with E-state index in [1.54, 1.807) is 6.92 Å². The molecule has 6 heteroatoms. The van der Waals surface area contributed by atoms with Crippen molar-refractivity contribution < 1.29 is 9.59 Å². The van der Waals surface area contributed by atoms with E-state index in [9.17, 15) is 9.59 Å². The van der Waals surface area contributed by atoms with Gasteiger partial charge in [0.1, 0.15) is 5.82 Å². The number of H-pyrrole nitrogens is 1. The zero-order valence-corrected chi connectivity index (χ0v) is 15.9. The van der Waals surface area contributed by atoms with Crippen molar-refractivity contribution in [3.63, 3.8) is 0 Å². The number of benzene rings is 2. The topological polar surface area (TPSA) is 78.1 Å². The Morgan fingerprint density at radius 2 is 1.86 bits per heavy atom. The first kappa shape index (κ1) is 18.2. The van der Waals surface area contributed by atoms with Crippen LogP contribution in [0.4, 0.5) is 5.82 Å². The third-order valence-electron chi connectivity index (χ3n) is 5.41. The summed E-state index contributed by atoms with van der Waals surface area (Å²) in [6, 6.07) is 16.1. The zero-order valence-electron chi connectivity index (χ0n) is 15.9. The average molecular weight is 376 g/mol. The molecule has 1 aliphatic rings. The normalized spacial score (nSPS) is 15.0. The van der Waals surface area contributed by atoms with Crippen molar-refractivity contribution in [2.24, 2.45) is 0 Å². The summed E-state index contributed by atoms with van der Waals surface area (Å²) in [6.07, 6.45) is 2.11. The minimum absolute atomic E-state index is 0.0723. The molecule has 2 N–H and O–H groups in total. The largest absolute Gasteiger partial charge is 0.343 e. The second-order valence-corrected chi connectivity index (χ2v) is 7.39. The van der Waals surface area contributed by atoms with E-state index in [1.807, 2.05) is 35.2 Å². The van der Waals surface area contributed by atoms with E-state index in [0.29, 0.717) is 18.2 Å². The van der Waals surface area contributed by atoms with Gasteiger partial charge in [0.25, 0.3) is 0 Å². The molecule has 2 heterocycles. The molecule has 0 unspecified atom stereocenters. The van der Waals surface area contributed by atoms with E-state index in [2.05, 4.69) is 33.7 Å². The van der Waals surface area contributed by atoms with Crippen molar-refractivity contribution in [2.75, 3.05) is 18.4 Å². The fourth-order valence-corrected chi connectivity index (χ4v) is 3.83. The molecule has 2 amide bonds. The molecule has 4 rings (SSSR count). The number of fused-ring (bicyclic) bond motifs is 1. The molecule has 1 fully saturated rings. The molecule has 2 aromatic carbocycles. The molecular weight excluding hydrogens is 352 g/mol. The molecule has 0 atom stereocenters. The van der Waals surface area contributed by atoms with Crippen molar-refractivity contribution in [3.8, 4) is 0 Å². The number of rotatable bonds is 4. The molecule has 144 valence electrons. The molecule has 0 bridgehead atoms. The lowest BCUT2D eigenvalue weighted by Crippen LogP contribution is -2.36. The van der Waals surface area contributed by atoms with Crippen molar-refractivity contribution in [1.29, 1.82) is 0 Å². The standard InChI is InChI=1S/C22H24N4O2/c1-15(27)26-10-8-18(9-11-26)20-14-21(25-24-20)23-22(28)13-16-6-7-17-4-2-3-5-19(17)12-16/h2-7,12,14,18H,8-11,13H2,1H3,(H2,23,24,25,28). The van der Waals surface area contributed by atoms with Crippen LogP contribution in [0, 0.1) is 0 Å². The lowest BCUT2D eigenvalue weighted by molar-refractivity contribution is -0.129. The van der Waals surface area contributed by atoms with Crippen LogP contribution < -0.4 is 5.32 Å². The Balaban J connectivity index is 1.35. The van der Waals surface area contributed by atoms with Gasteiger partial charge in [-0.05, 0) is 29.2 Å². The first-order chi connectivity index (χ1) is 13.6. The molecule has 28 heavy (non-hydrogen) atoms. The van der Waals surface area contributed by atoms with Gasteiger partial charge < -0.3 is 10.2 Å². The number of nitrogens with zero attached hydrogens (tertiary/aromatic N) is 2. The van der Waals surface area contributed by atoms with E-state index in [-0.39, 0.29) is 11.8 Å². The summed E-state index contributed by atoms with van der Waals surface area (Å²) in [5, 5.41) is 12.5. The summed E-state index contributed by atoms with van der Waals surface area (Å²) in [6.45, 7) is 3.13. The average Bonchev–Trinajstić information content (AvgIpc) is 3.16. The molecule has 1 aliphatic heterocycles. The maximum absolute atomic E-state index is 12.4. The summed E-state index contributed by atoms with van der Waals surface area (Å²) in [5.74, 6) is 0.992. The van der Waals surface area contributed by atoms with Crippen LogP contribution in [0.1, 0.15) is 36.9 Å². The second kappa shape index (κ2) is 7.84. The van der Waals surface area contributed by atoms with Crippen molar-refractivity contribution in [3.05, 3.63) is 59.8 Å². The molecular formula is C22H24N4O2. The van der Waals surface area contributed by atoms with Gasteiger partial charge in [-0.3, -0.25) is 14.7 Å². The van der Waals surface area contributed by atoms with Crippen LogP contribution in [0.25, 0.3) is 10.8 Å². The summed E-state index contributed by atoms with van der Waals surface area (Å²) in [7, 11) is 0. The Hall–Kier alpha value is -3.15. The van der Waals surface area contributed by atoms with Crippen LogP contribution in [-0.4, -0.2) is 40.0 Å². The number of hydrogen-bond acceptors (Lipinski definition) is 3. The van der Waals surface area contributed by atoms with E-state index in [1.165, 1.54) is 5.39 Å². The number of nitrogens with one attached hydrogen (secondary N) is 2. The van der Waals surface area contributed by atoms with E-state index in [0.717, 1.165) is 42.6 Å². The third kappa shape index (κ3) is 4.06. The third-order valence-corrected chi connectivity index (χ3v) is 5.41. The Morgan fingerprint density at radius 1 is 1.11 bits per heavy atom. The lowest BCUT2D eigenvalue weighted by Gasteiger charge is -2.30. The Morgan fingerprint density at radius 3 is 2.61 bits per heavy atom. The smallest absolute Gasteiger partial charge is 0.229 e. The highest BCUT2D eigenvalue weighted by atomic mass is 16.2. The summed E-state index contributed by atoms with van der Waals surface area (Å²) >= 11 is 0. The van der Waals surface area contributed by atoms with Gasteiger partial charge in [-0.1, -0.05) is 42.5 Å². The Labute approximate surface area is 163 Å². The van der Waals surface area contributed by atoms with Crippen molar-refractivity contribution >= 4 is 28.4 Å². The Kier molecular flexibility index (Phi) is 5.10. The predicted octanol–water partition coefficient (Wildman–Crippen LogP) is 3.47. The minimum atomic E-state index is -0.0723. The maximum Gasteiger partial charge on any atom is 0.229 e. The van der Waals surface area contributed by atoms with Crippen LogP contribution in [0.5, 0.6) is 0 Å². The highest BCUT2D eigenvalue weighted by Crippen LogP contribution is 2.28. The van der Waals surface area contributed by atoms with Gasteiger partial charge in [-0.15, -0.1) is 0 Å². The highest BCUT2D eigenvalue weighted by molar-refractivity contribution is 5.92. The number of anilines is 1.